The lowest BCUT2D eigenvalue weighted by Gasteiger charge is -2.10. The molecule has 0 radical (unpaired) electrons. The second kappa shape index (κ2) is 12.9. The first-order valence-corrected chi connectivity index (χ1v) is 11.3. The summed E-state index contributed by atoms with van der Waals surface area (Å²) in [7, 11) is 3.11. The van der Waals surface area contributed by atoms with Crippen molar-refractivity contribution in [1.29, 1.82) is 0 Å². The standard InChI is InChI=1S/C27H27N3O4S/c1-33-23-15-8-20(18-24(23)34-2)10-17-26(32)30-27(35)29-22-13-11-21(12-14-22)28-25(31)16-9-19-6-4-3-5-7-19/h3-8,10-15,17-18H,9,16H2,1-2H3,(H,28,31)(H2,29,30,32,35)/b17-10+. The quantitative estimate of drug-likeness (QED) is 0.296. The van der Waals surface area contributed by atoms with Gasteiger partial charge >= 0.3 is 0 Å². The van der Waals surface area contributed by atoms with Gasteiger partial charge in [-0.05, 0) is 72.2 Å². The van der Waals surface area contributed by atoms with Gasteiger partial charge in [-0.2, -0.15) is 0 Å². The van der Waals surface area contributed by atoms with Crippen molar-refractivity contribution < 1.29 is 19.1 Å². The Bertz CT molecular complexity index is 1190. The molecular weight excluding hydrogens is 462 g/mol. The monoisotopic (exact) mass is 489 g/mol. The van der Waals surface area contributed by atoms with Gasteiger partial charge in [0.1, 0.15) is 0 Å². The van der Waals surface area contributed by atoms with Gasteiger partial charge in [0, 0.05) is 23.9 Å². The second-order valence-electron chi connectivity index (χ2n) is 7.50. The minimum absolute atomic E-state index is 0.0568. The predicted octanol–water partition coefficient (Wildman–Crippen LogP) is 4.80. The lowest BCUT2D eigenvalue weighted by atomic mass is 10.1. The number of methoxy groups -OCH3 is 2. The molecule has 0 spiro atoms. The zero-order valence-corrected chi connectivity index (χ0v) is 20.4. The molecule has 0 aliphatic heterocycles. The zero-order chi connectivity index (χ0) is 25.0. The first-order valence-electron chi connectivity index (χ1n) is 10.9. The second-order valence-corrected chi connectivity index (χ2v) is 7.91. The number of hydrogen-bond acceptors (Lipinski definition) is 5. The van der Waals surface area contributed by atoms with E-state index in [9.17, 15) is 9.59 Å². The van der Waals surface area contributed by atoms with Gasteiger partial charge in [0.25, 0.3) is 0 Å². The maximum atomic E-state index is 12.2. The summed E-state index contributed by atoms with van der Waals surface area (Å²) in [5.41, 5.74) is 3.26. The van der Waals surface area contributed by atoms with Crippen molar-refractivity contribution in [3.05, 3.63) is 90.0 Å². The van der Waals surface area contributed by atoms with Crippen molar-refractivity contribution >= 4 is 46.6 Å². The molecule has 0 saturated heterocycles. The summed E-state index contributed by atoms with van der Waals surface area (Å²) in [6.45, 7) is 0. The van der Waals surface area contributed by atoms with Crippen LogP contribution in [0.25, 0.3) is 6.08 Å². The van der Waals surface area contributed by atoms with E-state index in [-0.39, 0.29) is 16.9 Å². The molecule has 0 fully saturated rings. The van der Waals surface area contributed by atoms with E-state index in [4.69, 9.17) is 21.7 Å². The molecule has 0 aliphatic rings. The Morgan fingerprint density at radius 3 is 2.17 bits per heavy atom. The van der Waals surface area contributed by atoms with E-state index in [1.807, 2.05) is 36.4 Å². The Morgan fingerprint density at radius 2 is 1.51 bits per heavy atom. The van der Waals surface area contributed by atoms with Crippen LogP contribution in [-0.2, 0) is 16.0 Å². The Balaban J connectivity index is 1.45. The molecule has 3 N–H and O–H groups in total. The van der Waals surface area contributed by atoms with Crippen LogP contribution in [-0.4, -0.2) is 31.1 Å². The summed E-state index contributed by atoms with van der Waals surface area (Å²) in [5.74, 6) is 0.749. The SMILES string of the molecule is COc1ccc(/C=C/C(=O)NC(=S)Nc2ccc(NC(=O)CCc3ccccc3)cc2)cc1OC. The minimum atomic E-state index is -0.375. The fraction of sp³-hybridized carbons (Fsp3) is 0.148. The van der Waals surface area contributed by atoms with Crippen molar-refractivity contribution in [2.45, 2.75) is 12.8 Å². The van der Waals surface area contributed by atoms with E-state index in [1.165, 1.54) is 6.08 Å². The highest BCUT2D eigenvalue weighted by atomic mass is 32.1. The third kappa shape index (κ3) is 8.28. The average molecular weight is 490 g/mol. The summed E-state index contributed by atoms with van der Waals surface area (Å²) in [5, 5.41) is 8.58. The van der Waals surface area contributed by atoms with Gasteiger partial charge < -0.3 is 20.1 Å². The maximum absolute atomic E-state index is 12.2. The molecule has 3 aromatic rings. The maximum Gasteiger partial charge on any atom is 0.250 e. The Kier molecular flexibility index (Phi) is 9.39. The van der Waals surface area contributed by atoms with Crippen LogP contribution >= 0.6 is 12.2 Å². The fourth-order valence-electron chi connectivity index (χ4n) is 3.21. The average Bonchev–Trinajstić information content (AvgIpc) is 2.87. The normalized spacial score (nSPS) is 10.5. The third-order valence-corrected chi connectivity index (χ3v) is 5.19. The number of aryl methyl sites for hydroxylation is 1. The smallest absolute Gasteiger partial charge is 0.250 e. The Labute approximate surface area is 210 Å². The van der Waals surface area contributed by atoms with Gasteiger partial charge in [-0.3, -0.25) is 14.9 Å². The highest BCUT2D eigenvalue weighted by Crippen LogP contribution is 2.27. The molecule has 35 heavy (non-hydrogen) atoms. The van der Waals surface area contributed by atoms with Crippen molar-refractivity contribution in [3.63, 3.8) is 0 Å². The number of nitrogens with one attached hydrogen (secondary N) is 3. The van der Waals surface area contributed by atoms with Crippen LogP contribution < -0.4 is 25.4 Å². The molecule has 7 nitrogen and oxygen atoms in total. The summed E-state index contributed by atoms with van der Waals surface area (Å²) >= 11 is 5.22. The largest absolute Gasteiger partial charge is 0.493 e. The lowest BCUT2D eigenvalue weighted by Crippen LogP contribution is -2.32. The van der Waals surface area contributed by atoms with Crippen molar-refractivity contribution in [1.82, 2.24) is 5.32 Å². The van der Waals surface area contributed by atoms with E-state index in [0.29, 0.717) is 35.7 Å². The first-order chi connectivity index (χ1) is 17.0. The number of carbonyl (C=O) groups is 2. The molecule has 0 aliphatic carbocycles. The van der Waals surface area contributed by atoms with E-state index in [0.717, 1.165) is 11.1 Å². The van der Waals surface area contributed by atoms with Gasteiger partial charge in [-0.25, -0.2) is 0 Å². The van der Waals surface area contributed by atoms with Crippen molar-refractivity contribution in [2.24, 2.45) is 0 Å². The van der Waals surface area contributed by atoms with Crippen LogP contribution in [0.15, 0.2) is 78.9 Å². The molecule has 0 bridgehead atoms. The van der Waals surface area contributed by atoms with Gasteiger partial charge in [-0.15, -0.1) is 0 Å². The van der Waals surface area contributed by atoms with Crippen LogP contribution in [0.2, 0.25) is 0 Å². The molecule has 0 atom stereocenters. The third-order valence-electron chi connectivity index (χ3n) is 4.98. The summed E-state index contributed by atoms with van der Waals surface area (Å²) in [4.78, 5) is 24.4. The highest BCUT2D eigenvalue weighted by Gasteiger charge is 2.06. The molecule has 3 aromatic carbocycles. The number of ether oxygens (including phenoxy) is 2. The Hall–Kier alpha value is -4.17. The van der Waals surface area contributed by atoms with Crippen LogP contribution in [0.5, 0.6) is 11.5 Å². The van der Waals surface area contributed by atoms with Gasteiger partial charge in [0.2, 0.25) is 11.8 Å². The number of amides is 2. The molecule has 0 saturated carbocycles. The van der Waals surface area contributed by atoms with E-state index in [1.54, 1.807) is 56.7 Å². The van der Waals surface area contributed by atoms with Gasteiger partial charge in [0.15, 0.2) is 16.6 Å². The minimum Gasteiger partial charge on any atom is -0.493 e. The van der Waals surface area contributed by atoms with Crippen LogP contribution in [0.1, 0.15) is 17.5 Å². The van der Waals surface area contributed by atoms with Gasteiger partial charge in [0.05, 0.1) is 14.2 Å². The topological polar surface area (TPSA) is 88.7 Å². The van der Waals surface area contributed by atoms with Crippen molar-refractivity contribution in [3.8, 4) is 11.5 Å². The molecular formula is C27H27N3O4S. The molecule has 180 valence electrons. The molecule has 0 unspecified atom stereocenters. The first kappa shape index (κ1) is 25.5. The van der Waals surface area contributed by atoms with Crippen LogP contribution in [0.3, 0.4) is 0 Å². The van der Waals surface area contributed by atoms with Crippen LogP contribution in [0, 0.1) is 0 Å². The molecule has 0 aromatic heterocycles. The number of anilines is 2. The molecule has 2 amide bonds. The number of carbonyl (C=O) groups excluding carboxylic acids is 2. The Morgan fingerprint density at radius 1 is 0.857 bits per heavy atom. The molecule has 0 heterocycles. The highest BCUT2D eigenvalue weighted by molar-refractivity contribution is 7.80. The van der Waals surface area contributed by atoms with Gasteiger partial charge in [-0.1, -0.05) is 36.4 Å². The van der Waals surface area contributed by atoms with Crippen molar-refractivity contribution in [2.75, 3.05) is 24.9 Å². The van der Waals surface area contributed by atoms with E-state index in [2.05, 4.69) is 16.0 Å². The molecule has 8 heteroatoms. The lowest BCUT2D eigenvalue weighted by molar-refractivity contribution is -0.116. The summed E-state index contributed by atoms with van der Waals surface area (Å²) < 4.78 is 10.5. The number of hydrogen-bond donors (Lipinski definition) is 3. The van der Waals surface area contributed by atoms with E-state index >= 15 is 0 Å². The number of benzene rings is 3. The molecule has 3 rings (SSSR count). The fourth-order valence-corrected chi connectivity index (χ4v) is 3.43. The number of rotatable bonds is 9. The number of thiocarbonyl (C=S) groups is 1. The van der Waals surface area contributed by atoms with E-state index < -0.39 is 0 Å². The summed E-state index contributed by atoms with van der Waals surface area (Å²) in [6.07, 6.45) is 4.11. The summed E-state index contributed by atoms with van der Waals surface area (Å²) in [6, 6.07) is 22.3. The predicted molar refractivity (Wildman–Crippen MR) is 143 cm³/mol. The zero-order valence-electron chi connectivity index (χ0n) is 19.5. The van der Waals surface area contributed by atoms with Crippen LogP contribution in [0.4, 0.5) is 11.4 Å².